The summed E-state index contributed by atoms with van der Waals surface area (Å²) >= 11 is 3.48. The molecule has 0 fully saturated rings. The number of aliphatic hydroxyl groups is 1. The van der Waals surface area contributed by atoms with Crippen LogP contribution in [0.5, 0.6) is 11.5 Å². The minimum absolute atomic E-state index is 0.238. The zero-order valence-electron chi connectivity index (χ0n) is 11.7. The molecule has 0 saturated heterocycles. The van der Waals surface area contributed by atoms with Crippen molar-refractivity contribution in [2.75, 3.05) is 20.3 Å². The second kappa shape index (κ2) is 8.40. The van der Waals surface area contributed by atoms with E-state index < -0.39 is 6.10 Å². The van der Waals surface area contributed by atoms with Crippen molar-refractivity contribution in [2.24, 2.45) is 0 Å². The first-order valence-corrected chi connectivity index (χ1v) is 7.25. The highest BCUT2D eigenvalue weighted by Gasteiger charge is 2.12. The molecule has 0 saturated carbocycles. The van der Waals surface area contributed by atoms with Crippen molar-refractivity contribution in [3.05, 3.63) is 22.2 Å². The van der Waals surface area contributed by atoms with E-state index in [4.69, 9.17) is 9.47 Å². The summed E-state index contributed by atoms with van der Waals surface area (Å²) in [7, 11) is 1.61. The van der Waals surface area contributed by atoms with Gasteiger partial charge in [-0.1, -0.05) is 6.92 Å². The molecule has 0 heterocycles. The molecule has 0 radical (unpaired) electrons. The van der Waals surface area contributed by atoms with Crippen molar-refractivity contribution in [2.45, 2.75) is 32.9 Å². The van der Waals surface area contributed by atoms with Gasteiger partial charge in [0, 0.05) is 6.54 Å². The first-order chi connectivity index (χ1) is 9.08. The summed E-state index contributed by atoms with van der Waals surface area (Å²) in [6, 6.07) is 3.95. The number of aliphatic hydroxyl groups excluding tert-OH is 1. The molecule has 2 N–H and O–H groups in total. The van der Waals surface area contributed by atoms with Crippen LogP contribution in [-0.2, 0) is 6.54 Å². The summed E-state index contributed by atoms with van der Waals surface area (Å²) in [5.41, 5.74) is 1.13. The summed E-state index contributed by atoms with van der Waals surface area (Å²) in [4.78, 5) is 0. The van der Waals surface area contributed by atoms with Gasteiger partial charge in [-0.3, -0.25) is 0 Å². The zero-order valence-corrected chi connectivity index (χ0v) is 13.3. The molecule has 1 atom stereocenters. The number of hydrogen-bond donors (Lipinski definition) is 2. The Hall–Kier alpha value is -0.780. The number of rotatable bonds is 8. The lowest BCUT2D eigenvalue weighted by Gasteiger charge is -2.15. The quantitative estimate of drug-likeness (QED) is 0.719. The number of methoxy groups -OCH3 is 1. The van der Waals surface area contributed by atoms with Crippen LogP contribution in [0.1, 0.15) is 25.8 Å². The molecule has 0 spiro atoms. The number of halogens is 1. The van der Waals surface area contributed by atoms with Crippen LogP contribution >= 0.6 is 15.9 Å². The fourth-order valence-electron chi connectivity index (χ4n) is 1.63. The Labute approximate surface area is 123 Å². The molecule has 19 heavy (non-hydrogen) atoms. The summed E-state index contributed by atoms with van der Waals surface area (Å²) in [6.07, 6.45) is 0.593. The van der Waals surface area contributed by atoms with E-state index in [9.17, 15) is 5.11 Å². The van der Waals surface area contributed by atoms with Crippen LogP contribution in [0.15, 0.2) is 16.6 Å². The molecular formula is C14H22BrNO3. The second-order valence-corrected chi connectivity index (χ2v) is 5.30. The van der Waals surface area contributed by atoms with E-state index in [2.05, 4.69) is 28.2 Å². The standard InChI is InChI=1S/C14H22BrNO3/c1-4-5-16-8-11-6-12(15)14(13(7-11)18-3)19-9-10(2)17/h6-7,10,16-17H,4-5,8-9H2,1-3H3. The van der Waals surface area contributed by atoms with Crippen LogP contribution in [0.25, 0.3) is 0 Å². The van der Waals surface area contributed by atoms with Gasteiger partial charge in [-0.2, -0.15) is 0 Å². The third-order valence-corrected chi connectivity index (χ3v) is 3.10. The van der Waals surface area contributed by atoms with Gasteiger partial charge < -0.3 is 19.9 Å². The topological polar surface area (TPSA) is 50.7 Å². The van der Waals surface area contributed by atoms with Gasteiger partial charge in [0.05, 0.1) is 17.7 Å². The Balaban J connectivity index is 2.81. The molecule has 5 heteroatoms. The first kappa shape index (κ1) is 16.3. The van der Waals surface area contributed by atoms with Crippen molar-refractivity contribution in [1.29, 1.82) is 0 Å². The predicted octanol–water partition coefficient (Wildman–Crippen LogP) is 2.72. The summed E-state index contributed by atoms with van der Waals surface area (Å²) < 4.78 is 11.7. The van der Waals surface area contributed by atoms with Crippen molar-refractivity contribution in [3.63, 3.8) is 0 Å². The number of benzene rings is 1. The summed E-state index contributed by atoms with van der Waals surface area (Å²) in [5.74, 6) is 1.30. The molecule has 1 unspecified atom stereocenters. The highest BCUT2D eigenvalue weighted by atomic mass is 79.9. The predicted molar refractivity (Wildman–Crippen MR) is 79.9 cm³/mol. The Kier molecular flexibility index (Phi) is 7.20. The van der Waals surface area contributed by atoms with Gasteiger partial charge >= 0.3 is 0 Å². The third kappa shape index (κ3) is 5.38. The lowest BCUT2D eigenvalue weighted by atomic mass is 10.2. The smallest absolute Gasteiger partial charge is 0.175 e. The van der Waals surface area contributed by atoms with Crippen molar-refractivity contribution in [1.82, 2.24) is 5.32 Å². The Morgan fingerprint density at radius 1 is 1.42 bits per heavy atom. The van der Waals surface area contributed by atoms with Gasteiger partial charge in [0.25, 0.3) is 0 Å². The van der Waals surface area contributed by atoms with E-state index in [0.717, 1.165) is 29.5 Å². The van der Waals surface area contributed by atoms with E-state index in [1.54, 1.807) is 14.0 Å². The zero-order chi connectivity index (χ0) is 14.3. The molecule has 1 rings (SSSR count). The maximum Gasteiger partial charge on any atom is 0.175 e. The van der Waals surface area contributed by atoms with Gasteiger partial charge in [-0.05, 0) is 53.5 Å². The summed E-state index contributed by atoms with van der Waals surface area (Å²) in [6.45, 7) is 5.84. The van der Waals surface area contributed by atoms with Crippen LogP contribution in [0.4, 0.5) is 0 Å². The van der Waals surface area contributed by atoms with Crippen molar-refractivity contribution in [3.8, 4) is 11.5 Å². The average molecular weight is 332 g/mol. The Morgan fingerprint density at radius 2 is 2.16 bits per heavy atom. The average Bonchev–Trinajstić information content (AvgIpc) is 2.37. The van der Waals surface area contributed by atoms with Crippen LogP contribution < -0.4 is 14.8 Å². The van der Waals surface area contributed by atoms with Gasteiger partial charge in [-0.25, -0.2) is 0 Å². The molecule has 0 aliphatic rings. The molecule has 1 aromatic carbocycles. The summed E-state index contributed by atoms with van der Waals surface area (Å²) in [5, 5.41) is 12.6. The molecule has 0 aromatic heterocycles. The molecular weight excluding hydrogens is 310 g/mol. The van der Waals surface area contributed by atoms with Gasteiger partial charge in [0.1, 0.15) is 6.61 Å². The highest BCUT2D eigenvalue weighted by Crippen LogP contribution is 2.36. The minimum atomic E-state index is -0.512. The van der Waals surface area contributed by atoms with Crippen LogP contribution in [0.3, 0.4) is 0 Å². The second-order valence-electron chi connectivity index (χ2n) is 4.45. The maximum atomic E-state index is 9.27. The normalized spacial score (nSPS) is 12.3. The fourth-order valence-corrected chi connectivity index (χ4v) is 2.23. The molecule has 108 valence electrons. The minimum Gasteiger partial charge on any atom is -0.493 e. The largest absolute Gasteiger partial charge is 0.493 e. The fraction of sp³-hybridized carbons (Fsp3) is 0.571. The lowest BCUT2D eigenvalue weighted by Crippen LogP contribution is -2.15. The molecule has 0 aliphatic heterocycles. The van der Waals surface area contributed by atoms with Gasteiger partial charge in [0.15, 0.2) is 11.5 Å². The number of ether oxygens (including phenoxy) is 2. The number of nitrogens with one attached hydrogen (secondary N) is 1. The Morgan fingerprint density at radius 3 is 2.74 bits per heavy atom. The molecule has 1 aromatic rings. The van der Waals surface area contributed by atoms with E-state index in [1.165, 1.54) is 0 Å². The first-order valence-electron chi connectivity index (χ1n) is 6.46. The third-order valence-electron chi connectivity index (χ3n) is 2.51. The number of hydrogen-bond acceptors (Lipinski definition) is 4. The SMILES string of the molecule is CCCNCc1cc(Br)c(OCC(C)O)c(OC)c1. The molecule has 0 amide bonds. The van der Waals surface area contributed by atoms with Crippen LogP contribution in [0.2, 0.25) is 0 Å². The van der Waals surface area contributed by atoms with Crippen LogP contribution in [0, 0.1) is 0 Å². The van der Waals surface area contributed by atoms with Crippen LogP contribution in [-0.4, -0.2) is 31.5 Å². The van der Waals surface area contributed by atoms with E-state index in [0.29, 0.717) is 11.5 Å². The highest BCUT2D eigenvalue weighted by molar-refractivity contribution is 9.10. The lowest BCUT2D eigenvalue weighted by molar-refractivity contribution is 0.120. The van der Waals surface area contributed by atoms with Gasteiger partial charge in [-0.15, -0.1) is 0 Å². The molecule has 4 nitrogen and oxygen atoms in total. The van der Waals surface area contributed by atoms with E-state index in [-0.39, 0.29) is 6.61 Å². The molecule has 0 aliphatic carbocycles. The monoisotopic (exact) mass is 331 g/mol. The maximum absolute atomic E-state index is 9.27. The molecule has 0 bridgehead atoms. The van der Waals surface area contributed by atoms with E-state index >= 15 is 0 Å². The van der Waals surface area contributed by atoms with Crippen molar-refractivity contribution < 1.29 is 14.6 Å². The van der Waals surface area contributed by atoms with E-state index in [1.807, 2.05) is 12.1 Å². The van der Waals surface area contributed by atoms with Crippen molar-refractivity contribution >= 4 is 15.9 Å². The Bertz CT molecular complexity index is 397. The van der Waals surface area contributed by atoms with Gasteiger partial charge in [0.2, 0.25) is 0 Å².